The van der Waals surface area contributed by atoms with Crippen LogP contribution in [-0.4, -0.2) is 51.4 Å². The standard InChI is InChI=1S/C28H27BFN4O2.C3H6N2/c1-18(30)32-16-22(14-31)21-12-19-6-2-4-8-23(19)25(13-21)28(10-11-28)34-27(29)24-9-5-3-7-20(24)15-33-26(36)17-35;1-5-3-2-4/h2-9,12-14,16-18,34H,10-11,15,31H2,1H3,(H,33,36);5H,3H2,1H3/b22-14+,32-16+;. The van der Waals surface area contributed by atoms with E-state index in [-0.39, 0.29) is 12.8 Å². The van der Waals surface area contributed by atoms with Gasteiger partial charge in [-0.1, -0.05) is 0 Å². The third-order valence-corrected chi connectivity index (χ3v) is 6.56. The number of nitrogens with one attached hydrogen (secondary N) is 3. The Labute approximate surface area is 240 Å². The van der Waals surface area contributed by atoms with Crippen molar-refractivity contribution in [1.82, 2.24) is 16.0 Å². The van der Waals surface area contributed by atoms with E-state index < -0.39 is 17.7 Å². The average Bonchev–Trinajstić information content (AvgIpc) is 3.76. The molecule has 0 saturated heterocycles. The fourth-order valence-electron chi connectivity index (χ4n) is 4.42. The zero-order chi connectivity index (χ0) is 29.8. The van der Waals surface area contributed by atoms with Crippen LogP contribution in [-0.2, 0) is 21.7 Å². The molecule has 0 spiro atoms. The van der Waals surface area contributed by atoms with Crippen LogP contribution < -0.4 is 21.7 Å². The molecule has 1 aliphatic rings. The predicted octanol–water partition coefficient (Wildman–Crippen LogP) is 3.00. The zero-order valence-corrected chi connectivity index (χ0v) is 23.2. The van der Waals surface area contributed by atoms with Crippen LogP contribution >= 0.6 is 0 Å². The number of amides is 1. The molecule has 1 aliphatic carbocycles. The Balaban J connectivity index is 0.000000850. The normalized spacial score (nSPS) is 14.3. The molecule has 8 nitrogen and oxygen atoms in total. The zero-order valence-electron chi connectivity index (χ0n) is 23.2. The van der Waals surface area contributed by atoms with Crippen molar-refractivity contribution < 1.29 is 14.0 Å². The van der Waals surface area contributed by atoms with Gasteiger partial charge in [-0.2, -0.15) is 5.26 Å². The number of allylic oxidation sites excluding steroid dienone is 1. The number of alkyl halides is 1. The molecule has 0 aliphatic heterocycles. The molecule has 3 aromatic rings. The maximum absolute atomic E-state index is 13.4. The number of benzene rings is 3. The number of aldehydes is 1. The summed E-state index contributed by atoms with van der Waals surface area (Å²) in [5.74, 6) is -0.687. The molecule has 0 aromatic heterocycles. The summed E-state index contributed by atoms with van der Waals surface area (Å²) in [7, 11) is 8.32. The van der Waals surface area contributed by atoms with Gasteiger partial charge >= 0.3 is 210 Å². The minimum atomic E-state index is -1.33. The van der Waals surface area contributed by atoms with Crippen molar-refractivity contribution in [3.05, 3.63) is 89.1 Å². The number of nitrogens with two attached hydrogens (primary N) is 1. The average molecular weight is 551 g/mol. The molecule has 41 heavy (non-hydrogen) atoms. The number of aliphatic imine (C=N–C) groups is 1. The Morgan fingerprint density at radius 1 is 1.22 bits per heavy atom. The van der Waals surface area contributed by atoms with Gasteiger partial charge in [0.2, 0.25) is 0 Å². The van der Waals surface area contributed by atoms with Gasteiger partial charge in [0, 0.05) is 0 Å². The Morgan fingerprint density at radius 3 is 2.54 bits per heavy atom. The van der Waals surface area contributed by atoms with Crippen molar-refractivity contribution >= 4 is 47.8 Å². The molecular weight excluding hydrogens is 518 g/mol. The summed E-state index contributed by atoms with van der Waals surface area (Å²) in [6, 6.07) is 21.5. The van der Waals surface area contributed by atoms with Gasteiger partial charge in [-0.25, -0.2) is 0 Å². The maximum atomic E-state index is 13.4. The molecule has 4 rings (SSSR count). The monoisotopic (exact) mass is 551 g/mol. The van der Waals surface area contributed by atoms with Crippen molar-refractivity contribution in [2.45, 2.75) is 38.1 Å². The number of rotatable bonds is 11. The van der Waals surface area contributed by atoms with Crippen molar-refractivity contribution in [2.24, 2.45) is 10.7 Å². The van der Waals surface area contributed by atoms with Crippen LogP contribution in [0.15, 0.2) is 71.9 Å². The number of carbonyl (C=O) groups is 2. The van der Waals surface area contributed by atoms with Crippen LogP contribution in [0, 0.1) is 11.3 Å². The number of hydrogen-bond donors (Lipinski definition) is 4. The number of nitriles is 1. The van der Waals surface area contributed by atoms with E-state index in [0.29, 0.717) is 17.7 Å². The molecule has 1 radical (unpaired) electrons. The van der Waals surface area contributed by atoms with Crippen LogP contribution in [0.2, 0.25) is 0 Å². The van der Waals surface area contributed by atoms with Gasteiger partial charge in [0.15, 0.2) is 0 Å². The minimum absolute atomic E-state index is 0.179. The van der Waals surface area contributed by atoms with E-state index in [1.807, 2.05) is 54.6 Å². The van der Waals surface area contributed by atoms with Crippen molar-refractivity contribution in [2.75, 3.05) is 13.6 Å². The molecule has 10 heteroatoms. The molecule has 0 bridgehead atoms. The van der Waals surface area contributed by atoms with Gasteiger partial charge in [0.1, 0.15) is 0 Å². The molecule has 1 amide bonds. The van der Waals surface area contributed by atoms with Gasteiger partial charge in [0.25, 0.3) is 0 Å². The van der Waals surface area contributed by atoms with Crippen LogP contribution in [0.1, 0.15) is 42.0 Å². The van der Waals surface area contributed by atoms with E-state index in [4.69, 9.17) is 18.5 Å². The quantitative estimate of drug-likeness (QED) is 0.0724. The van der Waals surface area contributed by atoms with Crippen molar-refractivity contribution in [3.8, 4) is 6.07 Å². The Hall–Kier alpha value is -4.62. The third kappa shape index (κ3) is 8.19. The van der Waals surface area contributed by atoms with Gasteiger partial charge < -0.3 is 5.32 Å². The van der Waals surface area contributed by atoms with E-state index in [9.17, 15) is 14.0 Å². The Morgan fingerprint density at radius 2 is 1.93 bits per heavy atom. The van der Waals surface area contributed by atoms with E-state index in [1.54, 1.807) is 7.05 Å². The van der Waals surface area contributed by atoms with Crippen LogP contribution in [0.5, 0.6) is 0 Å². The summed E-state index contributed by atoms with van der Waals surface area (Å²) < 4.78 is 13.4. The molecule has 1 unspecified atom stereocenters. The van der Waals surface area contributed by atoms with E-state index >= 15 is 0 Å². The second-order valence-corrected chi connectivity index (χ2v) is 9.52. The van der Waals surface area contributed by atoms with E-state index in [0.717, 1.165) is 45.9 Å². The van der Waals surface area contributed by atoms with Crippen LogP contribution in [0.25, 0.3) is 16.3 Å². The second-order valence-electron chi connectivity index (χ2n) is 9.52. The third-order valence-electron chi connectivity index (χ3n) is 6.56. The predicted molar refractivity (Wildman–Crippen MR) is 163 cm³/mol. The summed E-state index contributed by atoms with van der Waals surface area (Å²) in [6.45, 7) is 1.99. The summed E-state index contributed by atoms with van der Waals surface area (Å²) in [5.41, 5.74) is 10.0. The summed E-state index contributed by atoms with van der Waals surface area (Å²) >= 11 is 0. The SMILES string of the molecule is CNCC#N.[B]=C(NC1(c2cc(C(=C/N)/C=N/C(C)F)cc3ccccc23)CC1)c1ccccc1CNC(=O)C=O. The number of nitrogens with zero attached hydrogens (tertiary/aromatic N) is 2. The first-order valence-electron chi connectivity index (χ1n) is 13.1. The fraction of sp³-hybridized carbons (Fsp3) is 0.258. The Kier molecular flexibility index (Phi) is 11.1. The number of fused-ring (bicyclic) bond motifs is 1. The van der Waals surface area contributed by atoms with E-state index in [1.165, 1.54) is 19.3 Å². The molecule has 1 saturated carbocycles. The van der Waals surface area contributed by atoms with Crippen molar-refractivity contribution in [1.29, 1.82) is 5.26 Å². The van der Waals surface area contributed by atoms with Gasteiger partial charge in [-0.3, -0.25) is 0 Å². The molecule has 0 heterocycles. The summed E-state index contributed by atoms with van der Waals surface area (Å²) in [5, 5.41) is 18.6. The molecule has 1 fully saturated rings. The number of hydrogen-bond acceptors (Lipinski definition) is 7. The molecule has 3 aromatic carbocycles. The molecule has 1 atom stereocenters. The van der Waals surface area contributed by atoms with Gasteiger partial charge in [-0.15, -0.1) is 0 Å². The Bertz CT molecular complexity index is 1510. The first-order valence-corrected chi connectivity index (χ1v) is 13.1. The fourth-order valence-corrected chi connectivity index (χ4v) is 4.42. The molecule has 209 valence electrons. The summed E-state index contributed by atoms with van der Waals surface area (Å²) in [4.78, 5) is 26.0. The number of halogens is 1. The summed E-state index contributed by atoms with van der Waals surface area (Å²) in [6.07, 6.45) is 3.52. The first-order chi connectivity index (χ1) is 19.8. The van der Waals surface area contributed by atoms with Crippen molar-refractivity contribution in [3.63, 3.8) is 0 Å². The second kappa shape index (κ2) is 14.7. The van der Waals surface area contributed by atoms with Crippen LogP contribution in [0.3, 0.4) is 0 Å². The van der Waals surface area contributed by atoms with Gasteiger partial charge in [-0.05, 0) is 7.05 Å². The number of carbonyl (C=O) groups excluding carboxylic acids is 2. The molecule has 5 N–H and O–H groups in total. The van der Waals surface area contributed by atoms with E-state index in [2.05, 4.69) is 33.1 Å². The van der Waals surface area contributed by atoms with Crippen LogP contribution in [0.4, 0.5) is 4.39 Å². The topological polar surface area (TPSA) is 132 Å². The van der Waals surface area contributed by atoms with Gasteiger partial charge in [0.05, 0.1) is 12.6 Å². The molecular formula is C31H33BFN6O2. The first kappa shape index (κ1) is 30.9.